The number of carbonyl (C=O) groups excluding carboxylic acids is 1. The van der Waals surface area contributed by atoms with Crippen molar-refractivity contribution in [3.63, 3.8) is 0 Å². The average Bonchev–Trinajstić information content (AvgIpc) is 3.02. The zero-order valence-corrected chi connectivity index (χ0v) is 15.4. The highest BCUT2D eigenvalue weighted by atomic mass is 32.1. The van der Waals surface area contributed by atoms with Crippen LogP contribution < -0.4 is 14.8 Å². The molecule has 3 aromatic rings. The number of nitrogens with one attached hydrogen (secondary N) is 1. The molecule has 5 nitrogen and oxygen atoms in total. The van der Waals surface area contributed by atoms with Crippen LogP contribution in [-0.2, 0) is 11.2 Å². The van der Waals surface area contributed by atoms with E-state index in [-0.39, 0.29) is 18.1 Å². The summed E-state index contributed by atoms with van der Waals surface area (Å²) < 4.78 is 25.0. The van der Waals surface area contributed by atoms with Gasteiger partial charge in [0.15, 0.2) is 16.7 Å². The van der Waals surface area contributed by atoms with Crippen LogP contribution in [-0.4, -0.2) is 24.6 Å². The Morgan fingerprint density at radius 3 is 2.85 bits per heavy atom. The number of ether oxygens (including phenoxy) is 2. The summed E-state index contributed by atoms with van der Waals surface area (Å²) in [7, 11) is 1.42. The number of nitrogens with zero attached hydrogens (tertiary/aromatic N) is 1. The minimum Gasteiger partial charge on any atom is -0.494 e. The lowest BCUT2D eigenvalue weighted by molar-refractivity contribution is -0.116. The van der Waals surface area contributed by atoms with E-state index in [1.54, 1.807) is 12.1 Å². The van der Waals surface area contributed by atoms with Crippen LogP contribution in [0.4, 0.5) is 9.52 Å². The van der Waals surface area contributed by atoms with E-state index in [1.807, 2.05) is 25.1 Å². The van der Waals surface area contributed by atoms with Gasteiger partial charge in [0.2, 0.25) is 5.91 Å². The third-order valence-corrected chi connectivity index (χ3v) is 4.71. The van der Waals surface area contributed by atoms with Crippen molar-refractivity contribution in [3.05, 3.63) is 47.8 Å². The summed E-state index contributed by atoms with van der Waals surface area (Å²) in [6.45, 7) is 2.52. The molecule has 0 aliphatic heterocycles. The van der Waals surface area contributed by atoms with Crippen LogP contribution in [0.15, 0.2) is 36.4 Å². The molecular weight excluding hydrogens is 355 g/mol. The molecule has 0 unspecified atom stereocenters. The molecule has 0 aliphatic carbocycles. The van der Waals surface area contributed by atoms with Gasteiger partial charge in [0, 0.05) is 6.42 Å². The monoisotopic (exact) mass is 374 g/mol. The van der Waals surface area contributed by atoms with E-state index >= 15 is 0 Å². The molecule has 1 heterocycles. The van der Waals surface area contributed by atoms with E-state index < -0.39 is 5.82 Å². The molecule has 0 saturated heterocycles. The van der Waals surface area contributed by atoms with Crippen molar-refractivity contribution in [2.24, 2.45) is 0 Å². The van der Waals surface area contributed by atoms with Gasteiger partial charge in [-0.2, -0.15) is 0 Å². The molecule has 26 heavy (non-hydrogen) atoms. The molecule has 1 aromatic heterocycles. The van der Waals surface area contributed by atoms with Crippen molar-refractivity contribution < 1.29 is 18.7 Å². The van der Waals surface area contributed by atoms with E-state index in [0.29, 0.717) is 18.2 Å². The van der Waals surface area contributed by atoms with E-state index in [0.717, 1.165) is 21.5 Å². The van der Waals surface area contributed by atoms with Crippen LogP contribution in [0.25, 0.3) is 10.2 Å². The number of halogens is 1. The first-order valence-corrected chi connectivity index (χ1v) is 9.06. The molecule has 1 N–H and O–H groups in total. The van der Waals surface area contributed by atoms with Crippen molar-refractivity contribution in [2.45, 2.75) is 19.8 Å². The molecule has 0 spiro atoms. The maximum Gasteiger partial charge on any atom is 0.226 e. The number of hydrogen-bond acceptors (Lipinski definition) is 5. The number of amides is 1. The van der Waals surface area contributed by atoms with Gasteiger partial charge in [0.25, 0.3) is 0 Å². The quantitative estimate of drug-likeness (QED) is 0.665. The number of thiazole rings is 1. The van der Waals surface area contributed by atoms with Gasteiger partial charge >= 0.3 is 0 Å². The van der Waals surface area contributed by atoms with Crippen molar-refractivity contribution in [1.82, 2.24) is 4.98 Å². The Labute approximate surface area is 154 Å². The van der Waals surface area contributed by atoms with Crippen molar-refractivity contribution >= 4 is 32.6 Å². The van der Waals surface area contributed by atoms with Crippen LogP contribution in [0.1, 0.15) is 18.9 Å². The first-order valence-electron chi connectivity index (χ1n) is 8.24. The topological polar surface area (TPSA) is 60.5 Å². The third kappa shape index (κ3) is 4.29. The second kappa shape index (κ2) is 8.14. The highest BCUT2D eigenvalue weighted by Gasteiger charge is 2.10. The molecule has 0 atom stereocenters. The van der Waals surface area contributed by atoms with Gasteiger partial charge in [-0.15, -0.1) is 0 Å². The number of rotatable bonds is 7. The standard InChI is InChI=1S/C19H19FN2O3S/c1-3-25-13-6-7-15-17(11-13)26-19(21-15)22-18(23)9-5-12-4-8-16(24-2)14(20)10-12/h4,6-8,10-11H,3,5,9H2,1-2H3,(H,21,22,23). The fourth-order valence-corrected chi connectivity index (χ4v) is 3.43. The predicted molar refractivity (Wildman–Crippen MR) is 101 cm³/mol. The van der Waals surface area contributed by atoms with Crippen molar-refractivity contribution in [2.75, 3.05) is 19.0 Å². The van der Waals surface area contributed by atoms with Crippen molar-refractivity contribution in [3.8, 4) is 11.5 Å². The third-order valence-electron chi connectivity index (χ3n) is 3.77. The van der Waals surface area contributed by atoms with Gasteiger partial charge in [-0.05, 0) is 49.2 Å². The number of fused-ring (bicyclic) bond motifs is 1. The summed E-state index contributed by atoms with van der Waals surface area (Å²) in [5, 5.41) is 3.34. The van der Waals surface area contributed by atoms with Gasteiger partial charge in [0.1, 0.15) is 5.75 Å². The molecule has 7 heteroatoms. The minimum absolute atomic E-state index is 0.162. The number of anilines is 1. The summed E-state index contributed by atoms with van der Waals surface area (Å²) in [6, 6.07) is 10.3. The summed E-state index contributed by atoms with van der Waals surface area (Å²) in [4.78, 5) is 16.6. The Kier molecular flexibility index (Phi) is 5.68. The molecular formula is C19H19FN2O3S. The second-order valence-electron chi connectivity index (χ2n) is 5.60. The fraction of sp³-hybridized carbons (Fsp3) is 0.263. The molecule has 0 saturated carbocycles. The van der Waals surface area contributed by atoms with E-state index in [4.69, 9.17) is 9.47 Å². The summed E-state index contributed by atoms with van der Waals surface area (Å²) in [6.07, 6.45) is 0.679. The van der Waals surface area contributed by atoms with Gasteiger partial charge in [0.05, 0.1) is 23.9 Å². The lowest BCUT2D eigenvalue weighted by Gasteiger charge is -2.05. The van der Waals surface area contributed by atoms with Crippen LogP contribution >= 0.6 is 11.3 Å². The summed E-state index contributed by atoms with van der Waals surface area (Å²) in [5.41, 5.74) is 1.55. The fourth-order valence-electron chi connectivity index (χ4n) is 2.52. The van der Waals surface area contributed by atoms with Crippen LogP contribution in [0.3, 0.4) is 0 Å². The Morgan fingerprint density at radius 1 is 1.27 bits per heavy atom. The predicted octanol–water partition coefficient (Wildman–Crippen LogP) is 4.41. The average molecular weight is 374 g/mol. The van der Waals surface area contributed by atoms with Crippen molar-refractivity contribution in [1.29, 1.82) is 0 Å². The zero-order chi connectivity index (χ0) is 18.5. The molecule has 0 bridgehead atoms. The van der Waals surface area contributed by atoms with E-state index in [9.17, 15) is 9.18 Å². The van der Waals surface area contributed by atoms with Gasteiger partial charge in [-0.25, -0.2) is 9.37 Å². The van der Waals surface area contributed by atoms with Gasteiger partial charge in [-0.1, -0.05) is 17.4 Å². The van der Waals surface area contributed by atoms with Gasteiger partial charge < -0.3 is 14.8 Å². The molecule has 0 radical (unpaired) electrons. The lowest BCUT2D eigenvalue weighted by atomic mass is 10.1. The highest BCUT2D eigenvalue weighted by Crippen LogP contribution is 2.29. The molecule has 3 rings (SSSR count). The Morgan fingerprint density at radius 2 is 2.12 bits per heavy atom. The zero-order valence-electron chi connectivity index (χ0n) is 14.5. The lowest BCUT2D eigenvalue weighted by Crippen LogP contribution is -2.12. The molecule has 136 valence electrons. The molecule has 1 amide bonds. The molecule has 2 aromatic carbocycles. The number of methoxy groups -OCH3 is 1. The normalized spacial score (nSPS) is 10.7. The van der Waals surface area contributed by atoms with Crippen LogP contribution in [0.5, 0.6) is 11.5 Å². The Hall–Kier alpha value is -2.67. The van der Waals surface area contributed by atoms with Gasteiger partial charge in [-0.3, -0.25) is 4.79 Å². The van der Waals surface area contributed by atoms with E-state index in [2.05, 4.69) is 10.3 Å². The number of benzene rings is 2. The second-order valence-corrected chi connectivity index (χ2v) is 6.63. The molecule has 0 fully saturated rings. The maximum absolute atomic E-state index is 13.7. The first-order chi connectivity index (χ1) is 12.6. The smallest absolute Gasteiger partial charge is 0.226 e. The summed E-state index contributed by atoms with van der Waals surface area (Å²) >= 11 is 1.40. The molecule has 0 aliphatic rings. The summed E-state index contributed by atoms with van der Waals surface area (Å²) in [5.74, 6) is 0.383. The van der Waals surface area contributed by atoms with Crippen LogP contribution in [0, 0.1) is 5.82 Å². The number of aryl methyl sites for hydroxylation is 1. The Bertz CT molecular complexity index is 926. The highest BCUT2D eigenvalue weighted by molar-refractivity contribution is 7.22. The SMILES string of the molecule is CCOc1ccc2nc(NC(=O)CCc3ccc(OC)c(F)c3)sc2c1. The first kappa shape index (κ1) is 18.1. The van der Waals surface area contributed by atoms with E-state index in [1.165, 1.54) is 24.5 Å². The number of carbonyl (C=O) groups is 1. The maximum atomic E-state index is 13.7. The number of aromatic nitrogens is 1. The minimum atomic E-state index is -0.429. The Balaban J connectivity index is 1.61. The number of hydrogen-bond donors (Lipinski definition) is 1. The largest absolute Gasteiger partial charge is 0.494 e. The van der Waals surface area contributed by atoms with Crippen LogP contribution in [0.2, 0.25) is 0 Å².